The molecule has 2 fully saturated rings. The molecule has 0 saturated carbocycles. The maximum atomic E-state index is 13.2. The summed E-state index contributed by atoms with van der Waals surface area (Å²) < 4.78 is 54.6. The molecule has 182 valence electrons. The lowest BCUT2D eigenvalue weighted by Gasteiger charge is -2.26. The fourth-order valence-corrected chi connectivity index (χ4v) is 7.07. The Morgan fingerprint density at radius 1 is 1.15 bits per heavy atom. The van der Waals surface area contributed by atoms with Gasteiger partial charge >= 0.3 is 0 Å². The fourth-order valence-electron chi connectivity index (χ4n) is 4.20. The number of aromatic nitrogens is 4. The number of nitrogens with two attached hydrogens (primary N) is 2. The largest absolute Gasteiger partial charge is 0.370 e. The number of rotatable bonds is 7. The van der Waals surface area contributed by atoms with E-state index < -0.39 is 29.8 Å². The number of anilines is 1. The summed E-state index contributed by atoms with van der Waals surface area (Å²) in [4.78, 5) is 0.925. The van der Waals surface area contributed by atoms with Gasteiger partial charge in [-0.1, -0.05) is 0 Å². The lowest BCUT2D eigenvalue weighted by atomic mass is 10.1. The number of tetrazole rings is 1. The van der Waals surface area contributed by atoms with E-state index in [-0.39, 0.29) is 23.5 Å². The summed E-state index contributed by atoms with van der Waals surface area (Å²) in [6, 6.07) is 2.58. The molecule has 4 rings (SSSR count). The van der Waals surface area contributed by atoms with Gasteiger partial charge in [-0.3, -0.25) is 0 Å². The average Bonchev–Trinajstić information content (AvgIpc) is 3.42. The predicted molar refractivity (Wildman–Crippen MR) is 120 cm³/mol. The third-order valence-corrected chi connectivity index (χ3v) is 8.50. The number of nitrogens with zero attached hydrogens (tertiary/aromatic N) is 4. The van der Waals surface area contributed by atoms with Gasteiger partial charge in [-0.15, -0.1) is 10.2 Å². The Morgan fingerprint density at radius 2 is 1.97 bits per heavy atom. The topological polar surface area (TPSA) is 214 Å². The van der Waals surface area contributed by atoms with Crippen LogP contribution in [0.1, 0.15) is 12.8 Å². The second-order valence-corrected chi connectivity index (χ2v) is 11.2. The molecule has 0 bridgehead atoms. The Bertz CT molecular complexity index is 1180. The van der Waals surface area contributed by atoms with Crippen LogP contribution in [0.3, 0.4) is 0 Å². The van der Waals surface area contributed by atoms with Gasteiger partial charge in [0.2, 0.25) is 25.9 Å². The Hall–Kier alpha value is -2.21. The third kappa shape index (κ3) is 5.16. The Balaban J connectivity index is 1.87. The molecule has 2 atom stereocenters. The highest BCUT2D eigenvalue weighted by Crippen LogP contribution is 2.38. The summed E-state index contributed by atoms with van der Waals surface area (Å²) in [5, 5.41) is 25.7. The Kier molecular flexibility index (Phi) is 6.94. The smallest absolute Gasteiger partial charge is 0.242 e. The van der Waals surface area contributed by atoms with Crippen LogP contribution in [-0.4, -0.2) is 88.8 Å². The molecule has 0 spiro atoms. The van der Waals surface area contributed by atoms with Crippen molar-refractivity contribution < 1.29 is 16.8 Å². The number of benzene rings is 1. The van der Waals surface area contributed by atoms with Crippen LogP contribution < -0.4 is 31.1 Å². The summed E-state index contributed by atoms with van der Waals surface area (Å²) in [6.45, 7) is 3.27. The SMILES string of the molecule is NCC1CCN(c2ccc(S(=O)(=O)NC3CCNC3)c(S(N)(=O)=O)c2-c2nn[nH]n2)CCN1. The number of hydrogen-bond donors (Lipinski definition) is 6. The zero-order valence-electron chi connectivity index (χ0n) is 17.9. The van der Waals surface area contributed by atoms with Crippen LogP contribution in [0, 0.1) is 0 Å². The van der Waals surface area contributed by atoms with Crippen molar-refractivity contribution >= 4 is 25.7 Å². The molecule has 0 amide bonds. The molecule has 8 N–H and O–H groups in total. The average molecular weight is 501 g/mol. The summed E-state index contributed by atoms with van der Waals surface area (Å²) in [7, 11) is -8.73. The molecule has 2 aromatic rings. The maximum Gasteiger partial charge on any atom is 0.242 e. The van der Waals surface area contributed by atoms with Gasteiger partial charge in [0, 0.05) is 50.5 Å². The molecule has 1 aromatic heterocycles. The van der Waals surface area contributed by atoms with E-state index in [1.807, 2.05) is 4.90 Å². The van der Waals surface area contributed by atoms with Crippen molar-refractivity contribution in [3.8, 4) is 11.4 Å². The van der Waals surface area contributed by atoms with Crippen molar-refractivity contribution in [3.63, 3.8) is 0 Å². The molecule has 0 radical (unpaired) electrons. The van der Waals surface area contributed by atoms with Crippen LogP contribution in [0.4, 0.5) is 5.69 Å². The second kappa shape index (κ2) is 9.57. The fraction of sp³-hybridized carbons (Fsp3) is 0.588. The van der Waals surface area contributed by atoms with Gasteiger partial charge in [0.15, 0.2) is 0 Å². The van der Waals surface area contributed by atoms with Crippen LogP contribution in [0.15, 0.2) is 21.9 Å². The minimum Gasteiger partial charge on any atom is -0.370 e. The van der Waals surface area contributed by atoms with Crippen molar-refractivity contribution in [1.82, 2.24) is 36.0 Å². The molecule has 14 nitrogen and oxygen atoms in total. The lowest BCUT2D eigenvalue weighted by molar-refractivity contribution is 0.533. The van der Waals surface area contributed by atoms with Gasteiger partial charge in [0.1, 0.15) is 9.79 Å². The third-order valence-electron chi connectivity index (χ3n) is 5.81. The van der Waals surface area contributed by atoms with Crippen LogP contribution >= 0.6 is 0 Å². The van der Waals surface area contributed by atoms with E-state index in [2.05, 4.69) is 36.0 Å². The molecule has 2 unspecified atom stereocenters. The zero-order chi connectivity index (χ0) is 23.6. The van der Waals surface area contributed by atoms with Gasteiger partial charge in [-0.2, -0.15) is 5.21 Å². The van der Waals surface area contributed by atoms with Crippen LogP contribution in [0.25, 0.3) is 11.4 Å². The van der Waals surface area contributed by atoms with E-state index in [1.165, 1.54) is 6.07 Å². The molecular weight excluding hydrogens is 472 g/mol. The predicted octanol–water partition coefficient (Wildman–Crippen LogP) is -2.72. The van der Waals surface area contributed by atoms with Gasteiger partial charge in [-0.05, 0) is 36.7 Å². The van der Waals surface area contributed by atoms with Crippen LogP contribution in [0.5, 0.6) is 0 Å². The van der Waals surface area contributed by atoms with Gasteiger partial charge in [0.25, 0.3) is 0 Å². The molecule has 0 aliphatic carbocycles. The monoisotopic (exact) mass is 500 g/mol. The molecule has 2 aliphatic rings. The number of sulfonamides is 2. The number of H-pyrrole nitrogens is 1. The van der Waals surface area contributed by atoms with Gasteiger partial charge in [-0.25, -0.2) is 26.7 Å². The van der Waals surface area contributed by atoms with Crippen molar-refractivity contribution in [2.75, 3.05) is 44.2 Å². The van der Waals surface area contributed by atoms with E-state index in [9.17, 15) is 16.8 Å². The van der Waals surface area contributed by atoms with Gasteiger partial charge in [0.05, 0.1) is 5.56 Å². The van der Waals surface area contributed by atoms with Crippen molar-refractivity contribution in [2.24, 2.45) is 10.9 Å². The summed E-state index contributed by atoms with van der Waals surface area (Å²) in [6.07, 6.45) is 1.30. The van der Waals surface area contributed by atoms with E-state index >= 15 is 0 Å². The molecule has 2 aliphatic heterocycles. The quantitative estimate of drug-likeness (QED) is 0.230. The highest BCUT2D eigenvalue weighted by Gasteiger charge is 2.34. The normalized spacial score (nSPS) is 22.4. The minimum absolute atomic E-state index is 0.00938. The highest BCUT2D eigenvalue weighted by atomic mass is 32.2. The Morgan fingerprint density at radius 3 is 2.61 bits per heavy atom. The maximum absolute atomic E-state index is 13.2. The van der Waals surface area contributed by atoms with Gasteiger partial charge < -0.3 is 21.3 Å². The number of aromatic amines is 1. The van der Waals surface area contributed by atoms with E-state index in [1.54, 1.807) is 6.07 Å². The van der Waals surface area contributed by atoms with Crippen LogP contribution in [-0.2, 0) is 20.0 Å². The van der Waals surface area contributed by atoms with E-state index in [4.69, 9.17) is 10.9 Å². The Labute approximate surface area is 192 Å². The van der Waals surface area contributed by atoms with Crippen molar-refractivity contribution in [1.29, 1.82) is 0 Å². The van der Waals surface area contributed by atoms with Crippen molar-refractivity contribution in [2.45, 2.75) is 34.7 Å². The summed E-state index contributed by atoms with van der Waals surface area (Å²) in [5.74, 6) is -0.0683. The second-order valence-electron chi connectivity index (χ2n) is 8.04. The minimum atomic E-state index is -4.51. The first kappa shape index (κ1) is 23.9. The van der Waals surface area contributed by atoms with E-state index in [0.717, 1.165) is 0 Å². The molecule has 3 heterocycles. The van der Waals surface area contributed by atoms with Crippen molar-refractivity contribution in [3.05, 3.63) is 12.1 Å². The van der Waals surface area contributed by atoms with Crippen LogP contribution in [0.2, 0.25) is 0 Å². The summed E-state index contributed by atoms with van der Waals surface area (Å²) in [5.41, 5.74) is 6.23. The number of hydrogen-bond acceptors (Lipinski definition) is 11. The molecule has 2 saturated heterocycles. The number of primary sulfonamides is 1. The first-order chi connectivity index (χ1) is 15.7. The molecule has 16 heteroatoms. The highest BCUT2D eigenvalue weighted by molar-refractivity contribution is 7.92. The standard InChI is InChI=1S/C17H28N10O4S2/c18-9-11-4-7-27(8-6-21-11)13-1-2-14(33(30,31)24-12-3-5-20-10-12)16(32(19,28)29)15(13)17-22-25-26-23-17/h1-2,11-12,20-21,24H,3-10,18H2,(H2,19,28,29)(H,22,23,25,26). The first-order valence-corrected chi connectivity index (χ1v) is 13.6. The molecular formula is C17H28N10O4S2. The zero-order valence-corrected chi connectivity index (χ0v) is 19.5. The lowest BCUT2D eigenvalue weighted by Crippen LogP contribution is -2.37. The summed E-state index contributed by atoms with van der Waals surface area (Å²) >= 11 is 0. The first-order valence-electron chi connectivity index (χ1n) is 10.6. The number of nitrogens with one attached hydrogen (secondary N) is 4. The van der Waals surface area contributed by atoms with E-state index in [0.29, 0.717) is 57.8 Å². The molecule has 1 aromatic carbocycles. The molecule has 33 heavy (non-hydrogen) atoms.